The first-order valence-electron chi connectivity index (χ1n) is 9.39. The highest BCUT2D eigenvalue weighted by molar-refractivity contribution is 5.85. The number of halogens is 3. The van der Waals surface area contributed by atoms with Crippen LogP contribution in [0.3, 0.4) is 0 Å². The molecule has 2 aromatic rings. The lowest BCUT2D eigenvalue weighted by Crippen LogP contribution is -2.51. The molecule has 3 heterocycles. The van der Waals surface area contributed by atoms with Gasteiger partial charge in [-0.25, -0.2) is 0 Å². The van der Waals surface area contributed by atoms with Crippen molar-refractivity contribution < 1.29 is 27.2 Å². The van der Waals surface area contributed by atoms with Crippen LogP contribution >= 0.6 is 0 Å². The second kappa shape index (κ2) is 7.46. The second-order valence-corrected chi connectivity index (χ2v) is 7.20. The molecular weight excluding hydrogens is 387 g/mol. The molecule has 2 aliphatic rings. The number of likely N-dealkylation sites (tertiary alicyclic amines) is 1. The molecule has 1 N–H and O–H groups in total. The summed E-state index contributed by atoms with van der Waals surface area (Å²) in [7, 11) is 0. The fourth-order valence-corrected chi connectivity index (χ4v) is 4.00. The summed E-state index contributed by atoms with van der Waals surface area (Å²) in [5.74, 6) is -1.36. The Morgan fingerprint density at radius 2 is 1.90 bits per heavy atom. The molecule has 0 aliphatic carbocycles. The quantitative estimate of drug-likeness (QED) is 0.788. The lowest BCUT2D eigenvalue weighted by molar-refractivity contribution is -0.153. The first-order valence-corrected chi connectivity index (χ1v) is 9.39. The Morgan fingerprint density at radius 1 is 1.17 bits per heavy atom. The van der Waals surface area contributed by atoms with E-state index in [0.29, 0.717) is 25.9 Å². The van der Waals surface area contributed by atoms with Crippen molar-refractivity contribution in [1.82, 2.24) is 4.90 Å². The standard InChI is InChI=1S/C20H20F3N3O3/c21-20(22,23)17-6-5-14(29-17)11-19(28)25-9-7-13(8-10-25)26-16-4-2-1-3-15(16)24-18(26)12-27/h1-6,12-13,18,24H,7-11H2. The summed E-state index contributed by atoms with van der Waals surface area (Å²) in [6, 6.07) is 9.81. The first kappa shape index (κ1) is 19.4. The molecule has 1 aromatic heterocycles. The molecule has 1 amide bonds. The van der Waals surface area contributed by atoms with Crippen LogP contribution in [0.2, 0.25) is 0 Å². The van der Waals surface area contributed by atoms with Crippen LogP contribution in [0.5, 0.6) is 0 Å². The van der Waals surface area contributed by atoms with Crippen LogP contribution in [0.4, 0.5) is 24.5 Å². The maximum Gasteiger partial charge on any atom is 0.449 e. The number of rotatable bonds is 4. The van der Waals surface area contributed by atoms with E-state index in [2.05, 4.69) is 5.32 Å². The van der Waals surface area contributed by atoms with E-state index in [1.54, 1.807) is 4.90 Å². The fourth-order valence-electron chi connectivity index (χ4n) is 4.00. The highest BCUT2D eigenvalue weighted by Crippen LogP contribution is 2.37. The van der Waals surface area contributed by atoms with Gasteiger partial charge in [0.15, 0.2) is 12.5 Å². The average Bonchev–Trinajstić information content (AvgIpc) is 3.32. The lowest BCUT2D eigenvalue weighted by Gasteiger charge is -2.39. The molecule has 1 saturated heterocycles. The number of alkyl halides is 3. The summed E-state index contributed by atoms with van der Waals surface area (Å²) < 4.78 is 42.6. The van der Waals surface area contributed by atoms with Crippen molar-refractivity contribution in [2.24, 2.45) is 0 Å². The maximum atomic E-state index is 12.6. The average molecular weight is 407 g/mol. The number of carbonyl (C=O) groups is 2. The zero-order valence-electron chi connectivity index (χ0n) is 15.5. The van der Waals surface area contributed by atoms with Gasteiger partial charge in [-0.2, -0.15) is 13.2 Å². The number of carbonyl (C=O) groups excluding carboxylic acids is 2. The van der Waals surface area contributed by atoms with E-state index in [-0.39, 0.29) is 24.1 Å². The van der Waals surface area contributed by atoms with Gasteiger partial charge in [-0.05, 0) is 37.1 Å². The van der Waals surface area contributed by atoms with Gasteiger partial charge in [0.1, 0.15) is 5.76 Å². The molecule has 29 heavy (non-hydrogen) atoms. The van der Waals surface area contributed by atoms with E-state index >= 15 is 0 Å². The van der Waals surface area contributed by atoms with E-state index in [1.165, 1.54) is 6.07 Å². The predicted molar refractivity (Wildman–Crippen MR) is 99.4 cm³/mol. The summed E-state index contributed by atoms with van der Waals surface area (Å²) in [5.41, 5.74) is 1.87. The molecule has 0 saturated carbocycles. The number of furan rings is 1. The van der Waals surface area contributed by atoms with Gasteiger partial charge in [0.25, 0.3) is 0 Å². The highest BCUT2D eigenvalue weighted by atomic mass is 19.4. The number of nitrogens with one attached hydrogen (secondary N) is 1. The van der Waals surface area contributed by atoms with Gasteiger partial charge in [0, 0.05) is 19.1 Å². The van der Waals surface area contributed by atoms with E-state index in [1.807, 2.05) is 29.2 Å². The fraction of sp³-hybridized carbons (Fsp3) is 0.400. The number of hydrogen-bond acceptors (Lipinski definition) is 5. The first-order chi connectivity index (χ1) is 13.9. The van der Waals surface area contributed by atoms with E-state index in [9.17, 15) is 22.8 Å². The minimum absolute atomic E-state index is 0.00291. The molecule has 2 aliphatic heterocycles. The zero-order valence-corrected chi connectivity index (χ0v) is 15.5. The van der Waals surface area contributed by atoms with Crippen molar-refractivity contribution in [2.75, 3.05) is 23.3 Å². The largest absolute Gasteiger partial charge is 0.456 e. The number of anilines is 2. The van der Waals surface area contributed by atoms with Crippen LogP contribution in [0.15, 0.2) is 40.8 Å². The molecule has 154 valence electrons. The van der Waals surface area contributed by atoms with Gasteiger partial charge in [-0.1, -0.05) is 12.1 Å². The van der Waals surface area contributed by atoms with Crippen LogP contribution in [-0.2, 0) is 22.2 Å². The SMILES string of the molecule is O=CC1Nc2ccccc2N1C1CCN(C(=O)Cc2ccc(C(F)(F)F)o2)CC1. The van der Waals surface area contributed by atoms with E-state index in [4.69, 9.17) is 4.42 Å². The Hall–Kier alpha value is -2.97. The Kier molecular flexibility index (Phi) is 4.97. The third kappa shape index (κ3) is 3.81. The summed E-state index contributed by atoms with van der Waals surface area (Å²) in [4.78, 5) is 27.7. The molecule has 1 fully saturated rings. The third-order valence-electron chi connectivity index (χ3n) is 5.39. The van der Waals surface area contributed by atoms with Crippen molar-refractivity contribution >= 4 is 23.6 Å². The Labute approximate surface area is 165 Å². The van der Waals surface area contributed by atoms with Crippen LogP contribution in [0.25, 0.3) is 0 Å². The van der Waals surface area contributed by atoms with Gasteiger partial charge < -0.3 is 19.5 Å². The van der Waals surface area contributed by atoms with Crippen molar-refractivity contribution in [3.05, 3.63) is 47.9 Å². The van der Waals surface area contributed by atoms with Crippen LogP contribution in [0.1, 0.15) is 24.4 Å². The normalized spacial score (nSPS) is 19.8. The minimum atomic E-state index is -4.56. The molecule has 9 heteroatoms. The number of aldehydes is 1. The number of amides is 1. The zero-order chi connectivity index (χ0) is 20.6. The molecule has 6 nitrogen and oxygen atoms in total. The summed E-state index contributed by atoms with van der Waals surface area (Å²) in [5, 5.41) is 3.19. The van der Waals surface area contributed by atoms with Gasteiger partial charge in [0.2, 0.25) is 11.7 Å². The maximum absolute atomic E-state index is 12.6. The summed E-state index contributed by atoms with van der Waals surface area (Å²) in [6.45, 7) is 0.946. The molecule has 1 aromatic carbocycles. The molecule has 1 unspecified atom stereocenters. The Bertz CT molecular complexity index is 904. The van der Waals surface area contributed by atoms with Gasteiger partial charge >= 0.3 is 6.18 Å². The highest BCUT2D eigenvalue weighted by Gasteiger charge is 2.37. The van der Waals surface area contributed by atoms with Crippen LogP contribution in [0, 0.1) is 0 Å². The van der Waals surface area contributed by atoms with Gasteiger partial charge in [-0.3, -0.25) is 9.59 Å². The topological polar surface area (TPSA) is 65.8 Å². The second-order valence-electron chi connectivity index (χ2n) is 7.20. The van der Waals surface area contributed by atoms with E-state index in [0.717, 1.165) is 23.7 Å². The van der Waals surface area contributed by atoms with Gasteiger partial charge in [-0.15, -0.1) is 0 Å². The van der Waals surface area contributed by atoms with Crippen LogP contribution in [-0.4, -0.2) is 42.4 Å². The van der Waals surface area contributed by atoms with Crippen molar-refractivity contribution in [3.63, 3.8) is 0 Å². The summed E-state index contributed by atoms with van der Waals surface area (Å²) in [6.07, 6.45) is -3.01. The Morgan fingerprint density at radius 3 is 2.55 bits per heavy atom. The lowest BCUT2D eigenvalue weighted by atomic mass is 10.0. The molecule has 0 radical (unpaired) electrons. The molecule has 0 bridgehead atoms. The monoisotopic (exact) mass is 407 g/mol. The number of piperidine rings is 1. The summed E-state index contributed by atoms with van der Waals surface area (Å²) >= 11 is 0. The number of para-hydroxylation sites is 2. The number of benzene rings is 1. The predicted octanol–water partition coefficient (Wildman–Crippen LogP) is 3.29. The van der Waals surface area contributed by atoms with Gasteiger partial charge in [0.05, 0.1) is 17.8 Å². The molecule has 1 atom stereocenters. The minimum Gasteiger partial charge on any atom is -0.456 e. The number of fused-ring (bicyclic) bond motifs is 1. The van der Waals surface area contributed by atoms with Crippen molar-refractivity contribution in [3.8, 4) is 0 Å². The van der Waals surface area contributed by atoms with E-state index < -0.39 is 18.1 Å². The number of hydrogen-bond donors (Lipinski definition) is 1. The number of nitrogens with zero attached hydrogens (tertiary/aromatic N) is 2. The molecular formula is C20H20F3N3O3. The Balaban J connectivity index is 1.37. The van der Waals surface area contributed by atoms with Crippen molar-refractivity contribution in [2.45, 2.75) is 37.6 Å². The van der Waals surface area contributed by atoms with Crippen LogP contribution < -0.4 is 10.2 Å². The third-order valence-corrected chi connectivity index (χ3v) is 5.39. The molecule has 0 spiro atoms. The smallest absolute Gasteiger partial charge is 0.449 e. The van der Waals surface area contributed by atoms with Crippen molar-refractivity contribution in [1.29, 1.82) is 0 Å². The molecule has 4 rings (SSSR count).